The van der Waals surface area contributed by atoms with Gasteiger partial charge in [0.1, 0.15) is 0 Å². The Hall–Kier alpha value is -0.700. The van der Waals surface area contributed by atoms with Crippen LogP contribution in [0.25, 0.3) is 0 Å². The zero-order chi connectivity index (χ0) is 6.15. The van der Waals surface area contributed by atoms with Crippen LogP contribution in [0.4, 0.5) is 5.82 Å². The highest BCUT2D eigenvalue weighted by molar-refractivity contribution is 6.31. The molecule has 0 aromatic carbocycles. The minimum Gasteiger partial charge on any atom is -0.381 e. The predicted octanol–water partition coefficient (Wildman–Crippen LogP) is 0.656. The summed E-state index contributed by atoms with van der Waals surface area (Å²) in [6, 6.07) is 0. The quantitative estimate of drug-likeness (QED) is 0.562. The van der Waals surface area contributed by atoms with Crippen LogP contribution >= 0.6 is 11.6 Å². The van der Waals surface area contributed by atoms with Crippen molar-refractivity contribution in [1.82, 2.24) is 9.55 Å². The summed E-state index contributed by atoms with van der Waals surface area (Å²) in [6.45, 7) is 0. The zero-order valence-corrected chi connectivity index (χ0v) is 5.18. The highest BCUT2D eigenvalue weighted by Crippen LogP contribution is 2.13. The number of rotatable bonds is 0. The Morgan fingerprint density at radius 1 is 1.88 bits per heavy atom. The van der Waals surface area contributed by atoms with E-state index in [9.17, 15) is 0 Å². The monoisotopic (exact) mass is 131 g/mol. The average Bonchev–Trinajstić information content (AvgIpc) is 1.98. The molecular weight excluding hydrogens is 126 g/mol. The second kappa shape index (κ2) is 1.67. The number of anilines is 1. The molecule has 0 bridgehead atoms. The van der Waals surface area contributed by atoms with E-state index in [4.69, 9.17) is 17.3 Å². The van der Waals surface area contributed by atoms with Crippen molar-refractivity contribution < 1.29 is 0 Å². The summed E-state index contributed by atoms with van der Waals surface area (Å²) in [6.07, 6.45) is 1.57. The SMILES string of the molecule is Cn1cnc(N)c1Cl. The average molecular weight is 132 g/mol. The van der Waals surface area contributed by atoms with E-state index in [1.165, 1.54) is 0 Å². The van der Waals surface area contributed by atoms with Gasteiger partial charge in [-0.25, -0.2) is 4.98 Å². The van der Waals surface area contributed by atoms with Crippen molar-refractivity contribution in [3.8, 4) is 0 Å². The van der Waals surface area contributed by atoms with Crippen LogP contribution in [0.3, 0.4) is 0 Å². The van der Waals surface area contributed by atoms with E-state index in [2.05, 4.69) is 4.98 Å². The predicted molar refractivity (Wildman–Crippen MR) is 32.6 cm³/mol. The van der Waals surface area contributed by atoms with Crippen molar-refractivity contribution in [2.75, 3.05) is 5.73 Å². The van der Waals surface area contributed by atoms with Crippen molar-refractivity contribution in [3.63, 3.8) is 0 Å². The number of aryl methyl sites for hydroxylation is 1. The molecule has 0 aliphatic rings. The first kappa shape index (κ1) is 5.44. The van der Waals surface area contributed by atoms with Gasteiger partial charge in [0.25, 0.3) is 0 Å². The second-order valence-corrected chi connectivity index (χ2v) is 1.89. The normalized spacial score (nSPS) is 9.75. The highest BCUT2D eigenvalue weighted by atomic mass is 35.5. The number of hydrogen-bond acceptors (Lipinski definition) is 2. The van der Waals surface area contributed by atoms with Crippen molar-refractivity contribution in [3.05, 3.63) is 11.5 Å². The van der Waals surface area contributed by atoms with Crippen LogP contribution in [0, 0.1) is 0 Å². The third-order valence-electron chi connectivity index (χ3n) is 0.891. The number of hydrogen-bond donors (Lipinski definition) is 1. The molecule has 2 N–H and O–H groups in total. The van der Waals surface area contributed by atoms with E-state index in [1.807, 2.05) is 0 Å². The van der Waals surface area contributed by atoms with Crippen LogP contribution in [0.2, 0.25) is 5.15 Å². The Morgan fingerprint density at radius 3 is 2.62 bits per heavy atom. The number of imidazole rings is 1. The van der Waals surface area contributed by atoms with Gasteiger partial charge in [0, 0.05) is 7.05 Å². The zero-order valence-electron chi connectivity index (χ0n) is 4.43. The number of nitrogens with zero attached hydrogens (tertiary/aromatic N) is 2. The molecule has 0 saturated carbocycles. The topological polar surface area (TPSA) is 43.8 Å². The number of halogens is 1. The Balaban J connectivity index is 3.19. The largest absolute Gasteiger partial charge is 0.381 e. The maximum absolute atomic E-state index is 5.57. The smallest absolute Gasteiger partial charge is 0.161 e. The van der Waals surface area contributed by atoms with Crippen molar-refractivity contribution in [2.45, 2.75) is 0 Å². The molecule has 0 aliphatic carbocycles. The molecule has 0 saturated heterocycles. The molecule has 1 heterocycles. The van der Waals surface area contributed by atoms with Crippen molar-refractivity contribution in [1.29, 1.82) is 0 Å². The van der Waals surface area contributed by atoms with Crippen molar-refractivity contribution >= 4 is 17.4 Å². The molecule has 0 spiro atoms. The summed E-state index contributed by atoms with van der Waals surface area (Å²) in [5.74, 6) is 0.383. The lowest BCUT2D eigenvalue weighted by atomic mass is 10.8. The maximum atomic E-state index is 5.57. The molecule has 0 amide bonds. The van der Waals surface area contributed by atoms with Crippen LogP contribution in [-0.4, -0.2) is 9.55 Å². The lowest BCUT2D eigenvalue weighted by Gasteiger charge is -1.87. The Morgan fingerprint density at radius 2 is 2.50 bits per heavy atom. The van der Waals surface area contributed by atoms with Gasteiger partial charge in [-0.15, -0.1) is 0 Å². The lowest BCUT2D eigenvalue weighted by Crippen LogP contribution is -1.86. The molecular formula is C4H6ClN3. The first-order chi connectivity index (χ1) is 3.72. The summed E-state index contributed by atoms with van der Waals surface area (Å²) in [5, 5.41) is 0.491. The summed E-state index contributed by atoms with van der Waals surface area (Å²) in [4.78, 5) is 3.72. The third kappa shape index (κ3) is 0.648. The van der Waals surface area contributed by atoms with Crippen LogP contribution in [-0.2, 0) is 7.05 Å². The van der Waals surface area contributed by atoms with Crippen LogP contribution in [0.1, 0.15) is 0 Å². The van der Waals surface area contributed by atoms with Gasteiger partial charge in [0.05, 0.1) is 6.33 Å². The molecule has 1 aromatic heterocycles. The van der Waals surface area contributed by atoms with Crippen LogP contribution < -0.4 is 5.73 Å². The first-order valence-corrected chi connectivity index (χ1v) is 2.52. The summed E-state index contributed by atoms with van der Waals surface area (Å²) >= 11 is 5.57. The van der Waals surface area contributed by atoms with E-state index >= 15 is 0 Å². The fourth-order valence-corrected chi connectivity index (χ4v) is 0.526. The lowest BCUT2D eigenvalue weighted by molar-refractivity contribution is 0.914. The van der Waals surface area contributed by atoms with Crippen molar-refractivity contribution in [2.24, 2.45) is 7.05 Å². The fourth-order valence-electron chi connectivity index (χ4n) is 0.433. The fraction of sp³-hybridized carbons (Fsp3) is 0.250. The van der Waals surface area contributed by atoms with Gasteiger partial charge in [-0.3, -0.25) is 0 Å². The minimum absolute atomic E-state index is 0.383. The first-order valence-electron chi connectivity index (χ1n) is 2.14. The summed E-state index contributed by atoms with van der Waals surface area (Å²) in [5.41, 5.74) is 5.28. The summed E-state index contributed by atoms with van der Waals surface area (Å²) < 4.78 is 1.65. The number of nitrogen functional groups attached to an aromatic ring is 1. The van der Waals surface area contributed by atoms with Gasteiger partial charge in [-0.05, 0) is 0 Å². The number of nitrogens with two attached hydrogens (primary N) is 1. The van der Waals surface area contributed by atoms with Gasteiger partial charge in [0.15, 0.2) is 11.0 Å². The third-order valence-corrected chi connectivity index (χ3v) is 1.35. The summed E-state index contributed by atoms with van der Waals surface area (Å²) in [7, 11) is 1.78. The van der Waals surface area contributed by atoms with Gasteiger partial charge < -0.3 is 10.3 Å². The molecule has 1 rings (SSSR count). The highest BCUT2D eigenvalue weighted by Gasteiger charge is 1.97. The van der Waals surface area contributed by atoms with E-state index in [-0.39, 0.29) is 0 Å². The van der Waals surface area contributed by atoms with Gasteiger partial charge in [0.2, 0.25) is 0 Å². The van der Waals surface area contributed by atoms with Crippen LogP contribution in [0.15, 0.2) is 6.33 Å². The Labute approximate surface area is 52.1 Å². The molecule has 4 heteroatoms. The van der Waals surface area contributed by atoms with Gasteiger partial charge in [-0.2, -0.15) is 0 Å². The Bertz CT molecular complexity index is 174. The van der Waals surface area contributed by atoms with E-state index < -0.39 is 0 Å². The van der Waals surface area contributed by atoms with E-state index in [0.29, 0.717) is 11.0 Å². The molecule has 0 aliphatic heterocycles. The minimum atomic E-state index is 0.383. The van der Waals surface area contributed by atoms with Gasteiger partial charge in [-0.1, -0.05) is 11.6 Å². The molecule has 3 nitrogen and oxygen atoms in total. The van der Waals surface area contributed by atoms with Crippen LogP contribution in [0.5, 0.6) is 0 Å². The maximum Gasteiger partial charge on any atom is 0.161 e. The molecule has 1 aromatic rings. The molecule has 0 atom stereocenters. The molecule has 0 unspecified atom stereocenters. The molecule has 0 fully saturated rings. The molecule has 44 valence electrons. The number of aromatic nitrogens is 2. The van der Waals surface area contributed by atoms with E-state index in [1.54, 1.807) is 17.9 Å². The molecule has 8 heavy (non-hydrogen) atoms. The molecule has 0 radical (unpaired) electrons. The standard InChI is InChI=1S/C4H6ClN3/c1-8-2-7-4(6)3(8)5/h2H,6H2,1H3. The van der Waals surface area contributed by atoms with Gasteiger partial charge >= 0.3 is 0 Å². The van der Waals surface area contributed by atoms with E-state index in [0.717, 1.165) is 0 Å². The Kier molecular flexibility index (Phi) is 1.13. The second-order valence-electron chi connectivity index (χ2n) is 1.53.